The molecule has 118 valence electrons. The van der Waals surface area contributed by atoms with Gasteiger partial charge in [-0.3, -0.25) is 19.1 Å². The van der Waals surface area contributed by atoms with E-state index in [2.05, 4.69) is 0 Å². The van der Waals surface area contributed by atoms with Gasteiger partial charge in [-0.05, 0) is 19.3 Å². The second-order valence-electron chi connectivity index (χ2n) is 5.17. The lowest BCUT2D eigenvalue weighted by atomic mass is 10.2. The van der Waals surface area contributed by atoms with Crippen LogP contribution in [-0.2, 0) is 16.1 Å². The molecular formula is C14H21FN2O4. The highest BCUT2D eigenvalue weighted by molar-refractivity contribution is 5.71. The van der Waals surface area contributed by atoms with Crippen molar-refractivity contribution in [3.63, 3.8) is 0 Å². The normalized spacial score (nSPS) is 10.9. The number of halogens is 1. The molecule has 0 bridgehead atoms. The van der Waals surface area contributed by atoms with Gasteiger partial charge in [-0.25, -0.2) is 4.79 Å². The van der Waals surface area contributed by atoms with Crippen LogP contribution in [0.15, 0.2) is 15.8 Å². The van der Waals surface area contributed by atoms with Crippen LogP contribution in [0.4, 0.5) is 4.39 Å². The number of nitrogens with zero attached hydrogens (tertiary/aromatic N) is 1. The molecule has 1 heterocycles. The molecule has 0 saturated carbocycles. The third kappa shape index (κ3) is 5.93. The van der Waals surface area contributed by atoms with Crippen LogP contribution >= 0.6 is 0 Å². The average Bonchev–Trinajstić information content (AvgIpc) is 2.42. The molecule has 0 saturated heterocycles. The van der Waals surface area contributed by atoms with Crippen molar-refractivity contribution in [2.45, 2.75) is 46.1 Å². The van der Waals surface area contributed by atoms with E-state index in [1.807, 2.05) is 4.98 Å². The van der Waals surface area contributed by atoms with E-state index < -0.39 is 17.1 Å². The second kappa shape index (κ2) is 8.39. The molecular weight excluding hydrogens is 279 g/mol. The fraction of sp³-hybridized carbons (Fsp3) is 0.643. The lowest BCUT2D eigenvalue weighted by molar-refractivity contribution is -0.147. The molecule has 1 rings (SSSR count). The van der Waals surface area contributed by atoms with Crippen LogP contribution < -0.4 is 11.2 Å². The van der Waals surface area contributed by atoms with Crippen molar-refractivity contribution < 1.29 is 13.9 Å². The van der Waals surface area contributed by atoms with Gasteiger partial charge in [0.2, 0.25) is 5.82 Å². The molecule has 0 aliphatic carbocycles. The molecule has 0 spiro atoms. The first-order chi connectivity index (χ1) is 9.91. The number of H-pyrrole nitrogens is 1. The van der Waals surface area contributed by atoms with Gasteiger partial charge in [-0.2, -0.15) is 4.39 Å². The highest BCUT2D eigenvalue weighted by Gasteiger charge is 2.07. The number of esters is 1. The minimum absolute atomic E-state index is 0.119. The molecule has 21 heavy (non-hydrogen) atoms. The van der Waals surface area contributed by atoms with Gasteiger partial charge in [-0.1, -0.05) is 20.3 Å². The van der Waals surface area contributed by atoms with Crippen molar-refractivity contribution in [2.24, 2.45) is 5.92 Å². The molecule has 1 aromatic heterocycles. The van der Waals surface area contributed by atoms with Gasteiger partial charge in [0, 0.05) is 6.54 Å². The van der Waals surface area contributed by atoms with Crippen molar-refractivity contribution in [3.05, 3.63) is 32.9 Å². The van der Waals surface area contributed by atoms with Crippen LogP contribution in [0.5, 0.6) is 0 Å². The Morgan fingerprint density at radius 2 is 1.95 bits per heavy atom. The molecule has 0 fully saturated rings. The predicted octanol–water partition coefficient (Wildman–Crippen LogP) is 1.44. The number of rotatable bonds is 8. The van der Waals surface area contributed by atoms with Crippen LogP contribution in [0.3, 0.4) is 0 Å². The highest BCUT2D eigenvalue weighted by Crippen LogP contribution is 2.03. The molecule has 0 radical (unpaired) electrons. The molecule has 0 atom stereocenters. The summed E-state index contributed by atoms with van der Waals surface area (Å²) >= 11 is 0. The third-order valence-electron chi connectivity index (χ3n) is 2.98. The van der Waals surface area contributed by atoms with E-state index >= 15 is 0 Å². The first-order valence-corrected chi connectivity index (χ1v) is 7.07. The SMILES string of the molecule is CC(C)C(=O)OCCCCCCn1cc(F)c(=O)[nH]c1=O. The largest absolute Gasteiger partial charge is 0.465 e. The summed E-state index contributed by atoms with van der Waals surface area (Å²) < 4.78 is 19.2. The third-order valence-corrected chi connectivity index (χ3v) is 2.98. The Morgan fingerprint density at radius 3 is 2.62 bits per heavy atom. The van der Waals surface area contributed by atoms with Crippen LogP contribution in [-0.4, -0.2) is 22.1 Å². The highest BCUT2D eigenvalue weighted by atomic mass is 19.1. The fourth-order valence-corrected chi connectivity index (χ4v) is 1.73. The van der Waals surface area contributed by atoms with E-state index in [9.17, 15) is 18.8 Å². The maximum absolute atomic E-state index is 13.0. The number of aryl methyl sites for hydroxylation is 1. The van der Waals surface area contributed by atoms with E-state index in [0.29, 0.717) is 19.6 Å². The van der Waals surface area contributed by atoms with Crippen molar-refractivity contribution in [1.29, 1.82) is 0 Å². The molecule has 1 aromatic rings. The lowest BCUT2D eigenvalue weighted by Gasteiger charge is -2.07. The quantitative estimate of drug-likeness (QED) is 0.582. The number of carbonyl (C=O) groups is 1. The summed E-state index contributed by atoms with van der Waals surface area (Å²) in [4.78, 5) is 35.3. The van der Waals surface area contributed by atoms with Gasteiger partial charge >= 0.3 is 11.7 Å². The zero-order valence-corrected chi connectivity index (χ0v) is 12.4. The standard InChI is InChI=1S/C14H21FN2O4/c1-10(2)13(19)21-8-6-4-3-5-7-17-9-11(15)12(18)16-14(17)20/h9-10H,3-8H2,1-2H3,(H,16,18,20). The van der Waals surface area contributed by atoms with Gasteiger partial charge in [-0.15, -0.1) is 0 Å². The Morgan fingerprint density at radius 1 is 1.29 bits per heavy atom. The minimum atomic E-state index is -0.997. The average molecular weight is 300 g/mol. The number of nitrogens with one attached hydrogen (secondary N) is 1. The Balaban J connectivity index is 2.21. The summed E-state index contributed by atoms with van der Waals surface area (Å²) in [5.74, 6) is -1.28. The minimum Gasteiger partial charge on any atom is -0.465 e. The summed E-state index contributed by atoms with van der Waals surface area (Å²) in [5.41, 5.74) is -1.60. The van der Waals surface area contributed by atoms with E-state index in [1.54, 1.807) is 13.8 Å². The number of hydrogen-bond donors (Lipinski definition) is 1. The molecule has 0 amide bonds. The van der Waals surface area contributed by atoms with Crippen molar-refractivity contribution in [3.8, 4) is 0 Å². The first-order valence-electron chi connectivity index (χ1n) is 7.07. The summed E-state index contributed by atoms with van der Waals surface area (Å²) in [6.45, 7) is 4.30. The topological polar surface area (TPSA) is 81.2 Å². The maximum atomic E-state index is 13.0. The van der Waals surface area contributed by atoms with Gasteiger partial charge in [0.05, 0.1) is 18.7 Å². The number of carbonyl (C=O) groups excluding carboxylic acids is 1. The summed E-state index contributed by atoms with van der Waals surface area (Å²) in [7, 11) is 0. The maximum Gasteiger partial charge on any atom is 0.328 e. The summed E-state index contributed by atoms with van der Waals surface area (Å²) in [6.07, 6.45) is 4.04. The van der Waals surface area contributed by atoms with Crippen LogP contribution in [0.25, 0.3) is 0 Å². The molecule has 1 N–H and O–H groups in total. The monoisotopic (exact) mass is 300 g/mol. The predicted molar refractivity (Wildman–Crippen MR) is 75.5 cm³/mol. The van der Waals surface area contributed by atoms with E-state index in [0.717, 1.165) is 30.0 Å². The first kappa shape index (κ1) is 17.1. The zero-order chi connectivity index (χ0) is 15.8. The molecule has 0 unspecified atom stereocenters. The second-order valence-corrected chi connectivity index (χ2v) is 5.17. The summed E-state index contributed by atoms with van der Waals surface area (Å²) in [6, 6.07) is 0. The van der Waals surface area contributed by atoms with E-state index in [4.69, 9.17) is 4.74 Å². The van der Waals surface area contributed by atoms with Crippen molar-refractivity contribution in [1.82, 2.24) is 9.55 Å². The Hall–Kier alpha value is -1.92. The van der Waals surface area contributed by atoms with E-state index in [1.165, 1.54) is 0 Å². The molecule has 0 aliphatic heterocycles. The number of unbranched alkanes of at least 4 members (excludes halogenated alkanes) is 3. The number of ether oxygens (including phenoxy) is 1. The van der Waals surface area contributed by atoms with Crippen molar-refractivity contribution in [2.75, 3.05) is 6.61 Å². The molecule has 7 heteroatoms. The van der Waals surface area contributed by atoms with E-state index in [-0.39, 0.29) is 11.9 Å². The number of aromatic nitrogens is 2. The smallest absolute Gasteiger partial charge is 0.328 e. The fourth-order valence-electron chi connectivity index (χ4n) is 1.73. The van der Waals surface area contributed by atoms with Gasteiger partial charge in [0.15, 0.2) is 0 Å². The zero-order valence-electron chi connectivity index (χ0n) is 12.4. The van der Waals surface area contributed by atoms with Crippen LogP contribution in [0.2, 0.25) is 0 Å². The van der Waals surface area contributed by atoms with Crippen LogP contribution in [0.1, 0.15) is 39.5 Å². The van der Waals surface area contributed by atoms with Gasteiger partial charge in [0.1, 0.15) is 0 Å². The lowest BCUT2D eigenvalue weighted by Crippen LogP contribution is -2.31. The molecule has 6 nitrogen and oxygen atoms in total. The number of hydrogen-bond acceptors (Lipinski definition) is 4. The Labute approximate surface area is 121 Å². The molecule has 0 aliphatic rings. The number of aromatic amines is 1. The Kier molecular flexibility index (Phi) is 6.84. The van der Waals surface area contributed by atoms with Crippen LogP contribution in [0, 0.1) is 11.7 Å². The summed E-state index contributed by atoms with van der Waals surface area (Å²) in [5, 5.41) is 0. The molecule has 0 aromatic carbocycles. The Bertz CT molecular complexity index is 577. The van der Waals surface area contributed by atoms with Gasteiger partial charge in [0.25, 0.3) is 5.56 Å². The van der Waals surface area contributed by atoms with Gasteiger partial charge < -0.3 is 4.74 Å². The van der Waals surface area contributed by atoms with Crippen molar-refractivity contribution >= 4 is 5.97 Å².